The maximum absolute atomic E-state index is 13.3. The maximum atomic E-state index is 13.3. The normalized spacial score (nSPS) is 16.3. The monoisotopic (exact) mass is 464 g/mol. The van der Waals surface area contributed by atoms with Crippen molar-refractivity contribution in [3.8, 4) is 0 Å². The number of carbonyl (C=O) groups excluding carboxylic acids is 4. The van der Waals surface area contributed by atoms with Crippen molar-refractivity contribution in [2.45, 2.75) is 20.8 Å². The zero-order chi connectivity index (χ0) is 24.6. The Hall–Kier alpha value is -3.95. The highest BCUT2D eigenvalue weighted by molar-refractivity contribution is 6.09. The first-order valence-electron chi connectivity index (χ1n) is 11.2. The van der Waals surface area contributed by atoms with Crippen LogP contribution >= 0.6 is 0 Å². The minimum atomic E-state index is -0.751. The number of benzene rings is 1. The quantitative estimate of drug-likeness (QED) is 0.733. The number of urea groups is 1. The lowest BCUT2D eigenvalue weighted by atomic mass is 10.0. The van der Waals surface area contributed by atoms with Gasteiger partial charge in [0.05, 0.1) is 11.1 Å². The van der Waals surface area contributed by atoms with Crippen LogP contribution in [0, 0.1) is 13.8 Å². The predicted octanol–water partition coefficient (Wildman–Crippen LogP) is 1.55. The van der Waals surface area contributed by atoms with E-state index in [0.717, 1.165) is 21.8 Å². The Kier molecular flexibility index (Phi) is 6.23. The van der Waals surface area contributed by atoms with Gasteiger partial charge in [0.25, 0.3) is 5.91 Å². The Morgan fingerprint density at radius 3 is 2.24 bits per heavy atom. The van der Waals surface area contributed by atoms with Gasteiger partial charge in [-0.25, -0.2) is 9.78 Å². The smallest absolute Gasteiger partial charge is 0.331 e. The van der Waals surface area contributed by atoms with E-state index < -0.39 is 11.9 Å². The number of hydrogen-bond donors (Lipinski definition) is 1. The van der Waals surface area contributed by atoms with Gasteiger partial charge in [-0.2, -0.15) is 0 Å². The number of amides is 5. The number of nitrogens with two attached hydrogens (primary N) is 1. The van der Waals surface area contributed by atoms with Gasteiger partial charge in [-0.15, -0.1) is 0 Å². The van der Waals surface area contributed by atoms with E-state index in [4.69, 9.17) is 5.73 Å². The number of pyridine rings is 1. The number of aryl methyl sites for hydroxylation is 2. The Bertz CT molecular complexity index is 1170. The second-order valence-corrected chi connectivity index (χ2v) is 8.63. The standard InChI is InChI=1S/C24H28N6O4/c1-15-12-16(2)22(26-14-15)27-6-8-28(9-7-27)23(33)19-5-4-18(13-20(19)21(25)32)30-11-10-29(17(3)31)24(30)34/h4-5,12-14H,6-11H2,1-3H3,(H2,25,32). The molecule has 2 saturated heterocycles. The molecule has 5 amide bonds. The minimum Gasteiger partial charge on any atom is -0.366 e. The van der Waals surface area contributed by atoms with E-state index in [9.17, 15) is 19.2 Å². The lowest BCUT2D eigenvalue weighted by Gasteiger charge is -2.36. The largest absolute Gasteiger partial charge is 0.366 e. The van der Waals surface area contributed by atoms with Crippen molar-refractivity contribution in [1.82, 2.24) is 14.8 Å². The molecule has 0 unspecified atom stereocenters. The highest BCUT2D eigenvalue weighted by Crippen LogP contribution is 2.26. The van der Waals surface area contributed by atoms with Crippen molar-refractivity contribution in [2.24, 2.45) is 5.73 Å². The van der Waals surface area contributed by atoms with Crippen LogP contribution < -0.4 is 15.5 Å². The van der Waals surface area contributed by atoms with Gasteiger partial charge in [-0.3, -0.25) is 24.2 Å². The van der Waals surface area contributed by atoms with E-state index >= 15 is 0 Å². The molecule has 0 aliphatic carbocycles. The molecule has 2 aromatic rings. The topological polar surface area (TPSA) is 120 Å². The third-order valence-corrected chi connectivity index (χ3v) is 6.25. The average molecular weight is 465 g/mol. The van der Waals surface area contributed by atoms with Gasteiger partial charge >= 0.3 is 6.03 Å². The van der Waals surface area contributed by atoms with Crippen molar-refractivity contribution in [1.29, 1.82) is 0 Å². The Balaban J connectivity index is 1.51. The predicted molar refractivity (Wildman–Crippen MR) is 127 cm³/mol. The fraction of sp³-hybridized carbons (Fsp3) is 0.375. The molecule has 3 heterocycles. The average Bonchev–Trinajstić information content (AvgIpc) is 3.20. The molecular formula is C24H28N6O4. The van der Waals surface area contributed by atoms with Crippen molar-refractivity contribution in [3.05, 3.63) is 52.7 Å². The second kappa shape index (κ2) is 9.12. The van der Waals surface area contributed by atoms with E-state index in [1.165, 1.54) is 24.0 Å². The van der Waals surface area contributed by atoms with Gasteiger partial charge in [0.15, 0.2) is 0 Å². The van der Waals surface area contributed by atoms with Gasteiger partial charge in [0, 0.05) is 58.1 Å². The highest BCUT2D eigenvalue weighted by Gasteiger charge is 2.33. The fourth-order valence-electron chi connectivity index (χ4n) is 4.49. The van der Waals surface area contributed by atoms with Crippen LogP contribution in [-0.4, -0.2) is 77.8 Å². The molecule has 178 valence electrons. The summed E-state index contributed by atoms with van der Waals surface area (Å²) >= 11 is 0. The van der Waals surface area contributed by atoms with E-state index in [0.29, 0.717) is 38.4 Å². The van der Waals surface area contributed by atoms with Gasteiger partial charge in [-0.05, 0) is 43.2 Å². The SMILES string of the molecule is CC(=O)N1CCN(c2ccc(C(=O)N3CCN(c4ncc(C)cc4C)CC3)c(C(N)=O)c2)C1=O. The first-order chi connectivity index (χ1) is 16.2. The number of piperazine rings is 1. The summed E-state index contributed by atoms with van der Waals surface area (Å²) in [6.07, 6.45) is 1.83. The molecule has 4 rings (SSSR count). The second-order valence-electron chi connectivity index (χ2n) is 8.63. The number of anilines is 2. The minimum absolute atomic E-state index is 0.0510. The first kappa shape index (κ1) is 23.2. The molecule has 1 aromatic heterocycles. The number of nitrogens with zero attached hydrogens (tertiary/aromatic N) is 5. The van der Waals surface area contributed by atoms with E-state index in [1.807, 2.05) is 20.0 Å². The Labute approximate surface area is 197 Å². The Morgan fingerprint density at radius 1 is 0.941 bits per heavy atom. The number of primary amides is 1. The van der Waals surface area contributed by atoms with Crippen molar-refractivity contribution >= 4 is 35.3 Å². The lowest BCUT2D eigenvalue weighted by molar-refractivity contribution is -0.125. The third kappa shape index (κ3) is 4.30. The molecule has 2 fully saturated rings. The summed E-state index contributed by atoms with van der Waals surface area (Å²) in [4.78, 5) is 60.5. The fourth-order valence-corrected chi connectivity index (χ4v) is 4.49. The molecule has 0 spiro atoms. The summed E-state index contributed by atoms with van der Waals surface area (Å²) in [6.45, 7) is 8.12. The summed E-state index contributed by atoms with van der Waals surface area (Å²) in [6, 6.07) is 6.21. The van der Waals surface area contributed by atoms with Gasteiger partial charge in [-0.1, -0.05) is 6.07 Å². The molecule has 2 aliphatic heterocycles. The van der Waals surface area contributed by atoms with Crippen LogP contribution in [-0.2, 0) is 4.79 Å². The van der Waals surface area contributed by atoms with Crippen molar-refractivity contribution < 1.29 is 19.2 Å². The molecule has 2 aliphatic rings. The molecular weight excluding hydrogens is 436 g/mol. The summed E-state index contributed by atoms with van der Waals surface area (Å²) < 4.78 is 0. The number of carbonyl (C=O) groups is 4. The summed E-state index contributed by atoms with van der Waals surface area (Å²) in [7, 11) is 0. The zero-order valence-corrected chi connectivity index (χ0v) is 19.6. The molecule has 0 saturated carbocycles. The molecule has 10 nitrogen and oxygen atoms in total. The molecule has 2 N–H and O–H groups in total. The van der Waals surface area contributed by atoms with Crippen LogP contribution in [0.1, 0.15) is 38.8 Å². The van der Waals surface area contributed by atoms with Crippen LogP contribution in [0.25, 0.3) is 0 Å². The zero-order valence-electron chi connectivity index (χ0n) is 19.6. The summed E-state index contributed by atoms with van der Waals surface area (Å²) in [5, 5.41) is 0. The molecule has 0 bridgehead atoms. The van der Waals surface area contributed by atoms with E-state index in [1.54, 1.807) is 11.0 Å². The number of rotatable bonds is 4. The highest BCUT2D eigenvalue weighted by atomic mass is 16.2. The lowest BCUT2D eigenvalue weighted by Crippen LogP contribution is -2.49. The number of imide groups is 1. The number of aromatic nitrogens is 1. The van der Waals surface area contributed by atoms with Crippen LogP contribution in [0.3, 0.4) is 0 Å². The third-order valence-electron chi connectivity index (χ3n) is 6.25. The molecule has 10 heteroatoms. The summed E-state index contributed by atoms with van der Waals surface area (Å²) in [5.41, 5.74) is 8.45. The first-order valence-corrected chi connectivity index (χ1v) is 11.2. The maximum Gasteiger partial charge on any atom is 0.331 e. The van der Waals surface area contributed by atoms with E-state index in [2.05, 4.69) is 16.0 Å². The van der Waals surface area contributed by atoms with Gasteiger partial charge in [0.1, 0.15) is 5.82 Å². The molecule has 34 heavy (non-hydrogen) atoms. The van der Waals surface area contributed by atoms with Crippen LogP contribution in [0.2, 0.25) is 0 Å². The Morgan fingerprint density at radius 2 is 1.65 bits per heavy atom. The molecule has 1 aromatic carbocycles. The summed E-state index contributed by atoms with van der Waals surface area (Å²) in [5.74, 6) is -0.468. The van der Waals surface area contributed by atoms with E-state index in [-0.39, 0.29) is 29.5 Å². The van der Waals surface area contributed by atoms with Gasteiger partial charge in [0.2, 0.25) is 11.8 Å². The van der Waals surface area contributed by atoms with Crippen LogP contribution in [0.4, 0.5) is 16.3 Å². The van der Waals surface area contributed by atoms with Crippen LogP contribution in [0.5, 0.6) is 0 Å². The number of hydrogen-bond acceptors (Lipinski definition) is 6. The van der Waals surface area contributed by atoms with Crippen LogP contribution in [0.15, 0.2) is 30.5 Å². The van der Waals surface area contributed by atoms with Crippen molar-refractivity contribution in [3.63, 3.8) is 0 Å². The van der Waals surface area contributed by atoms with Crippen molar-refractivity contribution in [2.75, 3.05) is 49.1 Å². The molecule has 0 radical (unpaired) electrons. The van der Waals surface area contributed by atoms with Gasteiger partial charge < -0.3 is 15.5 Å². The molecule has 0 atom stereocenters.